The molecule has 0 saturated heterocycles. The standard InChI is InChI=1S/C20H23N7O3/c1-12-9-23-19(30-12)10-22-13-4-5-15(21)24-14-6-7-27(20(13)14)11-16-25-17(28-2)8-18(26-16)29-3/h5-9,24H,4,10-11,21H2,1-3H3. The smallest absolute Gasteiger partial charge is 0.220 e. The number of nitrogens with two attached hydrogens (primary N) is 1. The predicted molar refractivity (Wildman–Crippen MR) is 111 cm³/mol. The minimum atomic E-state index is 0.338. The number of ether oxygens (including phenoxy) is 2. The van der Waals surface area contributed by atoms with Crippen LogP contribution in [0.25, 0.3) is 0 Å². The van der Waals surface area contributed by atoms with Crippen molar-refractivity contribution in [2.75, 3.05) is 19.5 Å². The zero-order chi connectivity index (χ0) is 21.1. The number of rotatable bonds is 6. The van der Waals surface area contributed by atoms with Gasteiger partial charge in [-0.15, -0.1) is 0 Å². The Labute approximate surface area is 173 Å². The van der Waals surface area contributed by atoms with Crippen LogP contribution in [0.15, 0.2) is 45.8 Å². The van der Waals surface area contributed by atoms with Crippen molar-refractivity contribution in [3.8, 4) is 11.8 Å². The molecule has 4 rings (SSSR count). The fraction of sp³-hybridized carbons (Fsp3) is 0.300. The predicted octanol–water partition coefficient (Wildman–Crippen LogP) is 2.25. The number of hydrogen-bond donors (Lipinski definition) is 2. The number of fused-ring (bicyclic) bond motifs is 1. The number of aryl methyl sites for hydroxylation is 1. The van der Waals surface area contributed by atoms with Gasteiger partial charge in [0.1, 0.15) is 12.3 Å². The van der Waals surface area contributed by atoms with Gasteiger partial charge in [-0.3, -0.25) is 4.99 Å². The summed E-state index contributed by atoms with van der Waals surface area (Å²) in [5, 5.41) is 3.21. The van der Waals surface area contributed by atoms with E-state index in [9.17, 15) is 0 Å². The highest BCUT2D eigenvalue weighted by atomic mass is 16.5. The highest BCUT2D eigenvalue weighted by molar-refractivity contribution is 6.05. The number of methoxy groups -OCH3 is 2. The van der Waals surface area contributed by atoms with Gasteiger partial charge in [0.15, 0.2) is 5.82 Å². The monoisotopic (exact) mass is 409 g/mol. The van der Waals surface area contributed by atoms with Gasteiger partial charge in [0.2, 0.25) is 17.7 Å². The number of anilines is 1. The van der Waals surface area contributed by atoms with E-state index < -0.39 is 0 Å². The lowest BCUT2D eigenvalue weighted by Gasteiger charge is -2.12. The molecule has 0 amide bonds. The molecule has 10 nitrogen and oxygen atoms in total. The van der Waals surface area contributed by atoms with Gasteiger partial charge in [-0.2, -0.15) is 9.97 Å². The van der Waals surface area contributed by atoms with E-state index in [0.29, 0.717) is 48.8 Å². The van der Waals surface area contributed by atoms with E-state index >= 15 is 0 Å². The van der Waals surface area contributed by atoms with Crippen LogP contribution in [-0.4, -0.2) is 39.5 Å². The number of aliphatic imine (C=N–C) groups is 1. The molecule has 10 heteroatoms. The van der Waals surface area contributed by atoms with Crippen LogP contribution < -0.4 is 20.5 Å². The van der Waals surface area contributed by atoms with Gasteiger partial charge in [-0.1, -0.05) is 0 Å². The van der Waals surface area contributed by atoms with Crippen molar-refractivity contribution in [3.05, 3.63) is 59.6 Å². The van der Waals surface area contributed by atoms with Crippen LogP contribution in [0.3, 0.4) is 0 Å². The Hall–Kier alpha value is -3.82. The molecule has 3 aromatic rings. The molecule has 0 radical (unpaired) electrons. The third-order valence-corrected chi connectivity index (χ3v) is 4.56. The maximum Gasteiger partial charge on any atom is 0.220 e. The van der Waals surface area contributed by atoms with Gasteiger partial charge in [0, 0.05) is 12.6 Å². The first-order chi connectivity index (χ1) is 14.6. The zero-order valence-corrected chi connectivity index (χ0v) is 17.0. The topological polar surface area (TPSA) is 126 Å². The van der Waals surface area contributed by atoms with Crippen LogP contribution in [0.1, 0.15) is 29.6 Å². The molecule has 1 aliphatic heterocycles. The van der Waals surface area contributed by atoms with Crippen LogP contribution >= 0.6 is 0 Å². The number of hydrogen-bond acceptors (Lipinski definition) is 9. The molecule has 4 heterocycles. The Morgan fingerprint density at radius 1 is 1.27 bits per heavy atom. The van der Waals surface area contributed by atoms with E-state index in [-0.39, 0.29) is 0 Å². The molecular weight excluding hydrogens is 386 g/mol. The van der Waals surface area contributed by atoms with Gasteiger partial charge in [-0.25, -0.2) is 4.98 Å². The van der Waals surface area contributed by atoms with Crippen molar-refractivity contribution in [2.45, 2.75) is 26.4 Å². The Morgan fingerprint density at radius 2 is 2.03 bits per heavy atom. The SMILES string of the molecule is COc1cc(OC)nc(Cn2ccc3c2C(=NCc2ncc(C)o2)CC=C(N)N3)n1. The summed E-state index contributed by atoms with van der Waals surface area (Å²) in [7, 11) is 3.11. The minimum Gasteiger partial charge on any atom is -0.481 e. The van der Waals surface area contributed by atoms with E-state index in [4.69, 9.17) is 24.6 Å². The number of nitrogens with one attached hydrogen (secondary N) is 1. The third-order valence-electron chi connectivity index (χ3n) is 4.56. The lowest BCUT2D eigenvalue weighted by atomic mass is 10.2. The quantitative estimate of drug-likeness (QED) is 0.635. The van der Waals surface area contributed by atoms with Crippen molar-refractivity contribution in [1.82, 2.24) is 19.5 Å². The molecule has 30 heavy (non-hydrogen) atoms. The van der Waals surface area contributed by atoms with Gasteiger partial charge >= 0.3 is 0 Å². The van der Waals surface area contributed by atoms with E-state index in [1.54, 1.807) is 26.5 Å². The second kappa shape index (κ2) is 8.27. The van der Waals surface area contributed by atoms with E-state index in [1.807, 2.05) is 29.8 Å². The summed E-state index contributed by atoms with van der Waals surface area (Å²) >= 11 is 0. The first-order valence-corrected chi connectivity index (χ1v) is 9.38. The Bertz CT molecular complexity index is 1090. The molecule has 1 aliphatic rings. The molecular formula is C20H23N7O3. The van der Waals surface area contributed by atoms with Crippen LogP contribution in [0.5, 0.6) is 11.8 Å². The third kappa shape index (κ3) is 4.12. The van der Waals surface area contributed by atoms with Gasteiger partial charge in [-0.05, 0) is 19.1 Å². The van der Waals surface area contributed by atoms with Crippen molar-refractivity contribution >= 4 is 11.4 Å². The number of nitrogens with zero attached hydrogens (tertiary/aromatic N) is 5. The molecule has 0 unspecified atom stereocenters. The number of oxazole rings is 1. The molecule has 156 valence electrons. The van der Waals surface area contributed by atoms with Crippen LogP contribution in [-0.2, 0) is 13.1 Å². The van der Waals surface area contributed by atoms with E-state index in [1.165, 1.54) is 0 Å². The fourth-order valence-corrected chi connectivity index (χ4v) is 3.20. The summed E-state index contributed by atoms with van der Waals surface area (Å²) < 4.78 is 18.1. The van der Waals surface area contributed by atoms with E-state index in [2.05, 4.69) is 20.3 Å². The fourth-order valence-electron chi connectivity index (χ4n) is 3.20. The van der Waals surface area contributed by atoms with Crippen LogP contribution in [0, 0.1) is 6.92 Å². The number of allylic oxidation sites excluding steroid dienone is 1. The van der Waals surface area contributed by atoms with Gasteiger partial charge < -0.3 is 29.5 Å². The van der Waals surface area contributed by atoms with Crippen molar-refractivity contribution in [1.29, 1.82) is 0 Å². The molecule has 0 fully saturated rings. The summed E-state index contributed by atoms with van der Waals surface area (Å²) in [6.07, 6.45) is 6.09. The lowest BCUT2D eigenvalue weighted by molar-refractivity contribution is 0.367. The number of aromatic nitrogens is 4. The molecule has 0 atom stereocenters. The zero-order valence-electron chi connectivity index (χ0n) is 17.0. The Kier molecular flexibility index (Phi) is 5.38. The first kappa shape index (κ1) is 19.5. The van der Waals surface area contributed by atoms with Crippen LogP contribution in [0.4, 0.5) is 5.69 Å². The van der Waals surface area contributed by atoms with Crippen LogP contribution in [0.2, 0.25) is 0 Å². The Morgan fingerprint density at radius 3 is 2.70 bits per heavy atom. The second-order valence-corrected chi connectivity index (χ2v) is 6.69. The molecule has 3 N–H and O–H groups in total. The molecule has 0 saturated carbocycles. The van der Waals surface area contributed by atoms with E-state index in [0.717, 1.165) is 22.9 Å². The summed E-state index contributed by atoms with van der Waals surface area (Å²) in [4.78, 5) is 17.8. The summed E-state index contributed by atoms with van der Waals surface area (Å²) in [5.41, 5.74) is 8.68. The highest BCUT2D eigenvalue weighted by Gasteiger charge is 2.20. The van der Waals surface area contributed by atoms with Gasteiger partial charge in [0.25, 0.3) is 0 Å². The molecule has 0 spiro atoms. The molecule has 0 bridgehead atoms. The van der Waals surface area contributed by atoms with Gasteiger partial charge in [0.05, 0.1) is 55.9 Å². The maximum absolute atomic E-state index is 6.06. The average molecular weight is 409 g/mol. The van der Waals surface area contributed by atoms with Crippen molar-refractivity contribution in [2.24, 2.45) is 10.7 Å². The van der Waals surface area contributed by atoms with Crippen molar-refractivity contribution in [3.63, 3.8) is 0 Å². The van der Waals surface area contributed by atoms with Crippen molar-refractivity contribution < 1.29 is 13.9 Å². The first-order valence-electron chi connectivity index (χ1n) is 9.38. The molecule has 0 aromatic carbocycles. The largest absolute Gasteiger partial charge is 0.481 e. The maximum atomic E-state index is 6.06. The average Bonchev–Trinajstić information content (AvgIpc) is 3.29. The summed E-state index contributed by atoms with van der Waals surface area (Å²) in [6.45, 7) is 2.60. The highest BCUT2D eigenvalue weighted by Crippen LogP contribution is 2.25. The normalized spacial score (nSPS) is 14.6. The summed E-state index contributed by atoms with van der Waals surface area (Å²) in [6, 6.07) is 3.58. The summed E-state index contributed by atoms with van der Waals surface area (Å²) in [5.74, 6) is 3.32. The second-order valence-electron chi connectivity index (χ2n) is 6.69. The molecule has 3 aromatic heterocycles. The lowest BCUT2D eigenvalue weighted by Crippen LogP contribution is -2.13. The molecule has 0 aliphatic carbocycles. The Balaban J connectivity index is 1.69. The minimum absolute atomic E-state index is 0.338.